The summed E-state index contributed by atoms with van der Waals surface area (Å²) in [6.45, 7) is 6.31. The van der Waals surface area contributed by atoms with Crippen LogP contribution in [0.15, 0.2) is 0 Å². The van der Waals surface area contributed by atoms with Crippen LogP contribution in [0.3, 0.4) is 0 Å². The normalized spacial score (nSPS) is 26.4. The number of morpholine rings is 1. The fourth-order valence-corrected chi connectivity index (χ4v) is 1.55. The lowest BCUT2D eigenvalue weighted by molar-refractivity contribution is -0.0191. The molecule has 0 aromatic carbocycles. The summed E-state index contributed by atoms with van der Waals surface area (Å²) < 4.78 is 5.58. The smallest absolute Gasteiger partial charge is 0.0826 e. The Morgan fingerprint density at radius 2 is 2.43 bits per heavy atom. The first-order chi connectivity index (χ1) is 6.72. The first-order valence-electron chi connectivity index (χ1n) is 5.41. The van der Waals surface area contributed by atoms with E-state index in [0.717, 1.165) is 32.7 Å². The standard InChI is InChI=1S/C10H22N2O2/c1-3-9(13)6-11-7-10-8-12(2)4-5-14-10/h9-11,13H,3-8H2,1-2H3. The Bertz CT molecular complexity index is 155. The Labute approximate surface area is 86.2 Å². The van der Waals surface area contributed by atoms with Crippen LogP contribution in [0.2, 0.25) is 0 Å². The highest BCUT2D eigenvalue weighted by molar-refractivity contribution is 4.71. The lowest BCUT2D eigenvalue weighted by Crippen LogP contribution is -2.45. The van der Waals surface area contributed by atoms with Gasteiger partial charge in [0.25, 0.3) is 0 Å². The van der Waals surface area contributed by atoms with Gasteiger partial charge in [-0.2, -0.15) is 0 Å². The molecule has 0 aromatic rings. The van der Waals surface area contributed by atoms with E-state index in [0.29, 0.717) is 6.54 Å². The van der Waals surface area contributed by atoms with Crippen LogP contribution in [0.5, 0.6) is 0 Å². The minimum absolute atomic E-state index is 0.226. The molecule has 1 saturated heterocycles. The van der Waals surface area contributed by atoms with Gasteiger partial charge in [0.15, 0.2) is 0 Å². The Balaban J connectivity index is 2.05. The minimum atomic E-state index is -0.226. The summed E-state index contributed by atoms with van der Waals surface area (Å²) in [5.74, 6) is 0. The molecule has 4 nitrogen and oxygen atoms in total. The third-order valence-electron chi connectivity index (χ3n) is 2.57. The molecule has 1 aliphatic heterocycles. The van der Waals surface area contributed by atoms with E-state index in [1.54, 1.807) is 0 Å². The van der Waals surface area contributed by atoms with Crippen LogP contribution in [-0.2, 0) is 4.74 Å². The number of aliphatic hydroxyl groups excluding tert-OH is 1. The van der Waals surface area contributed by atoms with E-state index >= 15 is 0 Å². The molecule has 0 amide bonds. The highest BCUT2D eigenvalue weighted by Crippen LogP contribution is 2.01. The summed E-state index contributed by atoms with van der Waals surface area (Å²) in [6, 6.07) is 0. The van der Waals surface area contributed by atoms with Crippen molar-refractivity contribution >= 4 is 0 Å². The van der Waals surface area contributed by atoms with Crippen molar-refractivity contribution in [3.05, 3.63) is 0 Å². The Morgan fingerprint density at radius 3 is 3.07 bits per heavy atom. The summed E-state index contributed by atoms with van der Waals surface area (Å²) in [6.07, 6.45) is 0.854. The number of likely N-dealkylation sites (N-methyl/N-ethyl adjacent to an activating group) is 1. The molecule has 0 radical (unpaired) electrons. The number of nitrogens with one attached hydrogen (secondary N) is 1. The predicted molar refractivity (Wildman–Crippen MR) is 56.4 cm³/mol. The van der Waals surface area contributed by atoms with Gasteiger partial charge in [-0.3, -0.25) is 0 Å². The minimum Gasteiger partial charge on any atom is -0.392 e. The average Bonchev–Trinajstić information content (AvgIpc) is 2.17. The Hall–Kier alpha value is -0.160. The molecule has 0 bridgehead atoms. The third-order valence-corrected chi connectivity index (χ3v) is 2.57. The first kappa shape index (κ1) is 11.9. The van der Waals surface area contributed by atoms with Gasteiger partial charge in [0.1, 0.15) is 0 Å². The maximum Gasteiger partial charge on any atom is 0.0826 e. The average molecular weight is 202 g/mol. The molecule has 0 aliphatic carbocycles. The van der Waals surface area contributed by atoms with Crippen molar-refractivity contribution in [2.75, 3.05) is 39.8 Å². The molecule has 14 heavy (non-hydrogen) atoms. The zero-order chi connectivity index (χ0) is 10.4. The van der Waals surface area contributed by atoms with Crippen LogP contribution in [0.1, 0.15) is 13.3 Å². The second-order valence-corrected chi connectivity index (χ2v) is 3.98. The van der Waals surface area contributed by atoms with E-state index < -0.39 is 0 Å². The van der Waals surface area contributed by atoms with Crippen molar-refractivity contribution in [1.29, 1.82) is 0 Å². The molecule has 1 fully saturated rings. The zero-order valence-corrected chi connectivity index (χ0v) is 9.20. The first-order valence-corrected chi connectivity index (χ1v) is 5.41. The van der Waals surface area contributed by atoms with E-state index in [2.05, 4.69) is 17.3 Å². The van der Waals surface area contributed by atoms with Crippen LogP contribution < -0.4 is 5.32 Å². The molecule has 1 aliphatic rings. The second kappa shape index (κ2) is 6.35. The van der Waals surface area contributed by atoms with Crippen LogP contribution in [0.25, 0.3) is 0 Å². The van der Waals surface area contributed by atoms with Gasteiger partial charge in [0.2, 0.25) is 0 Å². The number of hydrogen-bond donors (Lipinski definition) is 2. The molecule has 2 N–H and O–H groups in total. The third kappa shape index (κ3) is 4.37. The van der Waals surface area contributed by atoms with Crippen molar-refractivity contribution < 1.29 is 9.84 Å². The predicted octanol–water partition coefficient (Wildman–Crippen LogP) is -0.322. The van der Waals surface area contributed by atoms with E-state index in [1.807, 2.05) is 6.92 Å². The molecule has 1 rings (SSSR count). The molecule has 0 aromatic heterocycles. The summed E-state index contributed by atoms with van der Waals surface area (Å²) in [7, 11) is 2.11. The number of ether oxygens (including phenoxy) is 1. The highest BCUT2D eigenvalue weighted by Gasteiger charge is 2.17. The molecule has 1 heterocycles. The van der Waals surface area contributed by atoms with Crippen molar-refractivity contribution in [3.63, 3.8) is 0 Å². The van der Waals surface area contributed by atoms with Gasteiger partial charge in [0.05, 0.1) is 18.8 Å². The lowest BCUT2D eigenvalue weighted by Gasteiger charge is -2.30. The Morgan fingerprint density at radius 1 is 1.64 bits per heavy atom. The molecule has 0 spiro atoms. The van der Waals surface area contributed by atoms with Crippen molar-refractivity contribution in [1.82, 2.24) is 10.2 Å². The number of hydrogen-bond acceptors (Lipinski definition) is 4. The highest BCUT2D eigenvalue weighted by atomic mass is 16.5. The molecule has 2 unspecified atom stereocenters. The van der Waals surface area contributed by atoms with Crippen molar-refractivity contribution in [2.45, 2.75) is 25.6 Å². The van der Waals surface area contributed by atoms with Crippen LogP contribution in [0.4, 0.5) is 0 Å². The summed E-state index contributed by atoms with van der Waals surface area (Å²) >= 11 is 0. The maximum absolute atomic E-state index is 9.33. The summed E-state index contributed by atoms with van der Waals surface area (Å²) in [5, 5.41) is 12.6. The van der Waals surface area contributed by atoms with Gasteiger partial charge in [-0.05, 0) is 13.5 Å². The zero-order valence-electron chi connectivity index (χ0n) is 9.20. The van der Waals surface area contributed by atoms with Gasteiger partial charge in [0, 0.05) is 26.2 Å². The number of aliphatic hydroxyl groups is 1. The van der Waals surface area contributed by atoms with E-state index in [4.69, 9.17) is 4.74 Å². The molecular weight excluding hydrogens is 180 g/mol. The van der Waals surface area contributed by atoms with Gasteiger partial charge >= 0.3 is 0 Å². The lowest BCUT2D eigenvalue weighted by atomic mass is 10.2. The Kier molecular flexibility index (Phi) is 5.40. The van der Waals surface area contributed by atoms with Gasteiger partial charge in [-0.25, -0.2) is 0 Å². The van der Waals surface area contributed by atoms with Crippen LogP contribution in [-0.4, -0.2) is 62.0 Å². The summed E-state index contributed by atoms with van der Waals surface area (Å²) in [4.78, 5) is 2.27. The molecule has 84 valence electrons. The van der Waals surface area contributed by atoms with Crippen molar-refractivity contribution in [2.24, 2.45) is 0 Å². The van der Waals surface area contributed by atoms with Crippen molar-refractivity contribution in [3.8, 4) is 0 Å². The second-order valence-electron chi connectivity index (χ2n) is 3.98. The van der Waals surface area contributed by atoms with E-state index in [1.165, 1.54) is 0 Å². The van der Waals surface area contributed by atoms with E-state index in [-0.39, 0.29) is 12.2 Å². The quantitative estimate of drug-likeness (QED) is 0.641. The van der Waals surface area contributed by atoms with Gasteiger partial charge in [-0.1, -0.05) is 6.92 Å². The van der Waals surface area contributed by atoms with Crippen LogP contribution >= 0.6 is 0 Å². The topological polar surface area (TPSA) is 44.7 Å². The monoisotopic (exact) mass is 202 g/mol. The molecule has 2 atom stereocenters. The number of nitrogens with zero attached hydrogens (tertiary/aromatic N) is 1. The fourth-order valence-electron chi connectivity index (χ4n) is 1.55. The molecular formula is C10H22N2O2. The molecule has 4 heteroatoms. The summed E-state index contributed by atoms with van der Waals surface area (Å²) in [5.41, 5.74) is 0. The largest absolute Gasteiger partial charge is 0.392 e. The fraction of sp³-hybridized carbons (Fsp3) is 1.00. The molecule has 0 saturated carbocycles. The number of rotatable bonds is 5. The van der Waals surface area contributed by atoms with Gasteiger partial charge in [-0.15, -0.1) is 0 Å². The SMILES string of the molecule is CCC(O)CNCC1CN(C)CCO1. The van der Waals surface area contributed by atoms with E-state index in [9.17, 15) is 5.11 Å². The maximum atomic E-state index is 9.33. The van der Waals surface area contributed by atoms with Gasteiger partial charge < -0.3 is 20.1 Å². The van der Waals surface area contributed by atoms with Crippen LogP contribution in [0, 0.1) is 0 Å².